The molecule has 2 nitrogen and oxygen atoms in total. The van der Waals surface area contributed by atoms with Gasteiger partial charge in [0.1, 0.15) is 5.75 Å². The predicted octanol–water partition coefficient (Wildman–Crippen LogP) is 3.18. The predicted molar refractivity (Wildman–Crippen MR) is 69.3 cm³/mol. The van der Waals surface area contributed by atoms with Crippen molar-refractivity contribution >= 4 is 0 Å². The summed E-state index contributed by atoms with van der Waals surface area (Å²) >= 11 is 0. The molecule has 2 heteroatoms. The van der Waals surface area contributed by atoms with Crippen LogP contribution < -0.4 is 4.74 Å². The Balaban J connectivity index is 2.13. The van der Waals surface area contributed by atoms with Gasteiger partial charge in [-0.2, -0.15) is 0 Å². The van der Waals surface area contributed by atoms with E-state index in [0.29, 0.717) is 12.3 Å². The zero-order valence-corrected chi connectivity index (χ0v) is 10.8. The van der Waals surface area contributed by atoms with E-state index < -0.39 is 5.60 Å². The van der Waals surface area contributed by atoms with Gasteiger partial charge in [-0.05, 0) is 30.4 Å². The highest BCUT2D eigenvalue weighted by atomic mass is 16.5. The first kappa shape index (κ1) is 12.4. The fraction of sp³-hybridized carbons (Fsp3) is 0.600. The summed E-state index contributed by atoms with van der Waals surface area (Å²) in [4.78, 5) is 0. The molecule has 2 rings (SSSR count). The highest BCUT2D eigenvalue weighted by Crippen LogP contribution is 2.36. The maximum atomic E-state index is 10.7. The summed E-state index contributed by atoms with van der Waals surface area (Å²) in [7, 11) is 1.69. The van der Waals surface area contributed by atoms with Gasteiger partial charge in [0.05, 0.1) is 12.7 Å². The second kappa shape index (κ2) is 5.09. The third kappa shape index (κ3) is 3.01. The summed E-state index contributed by atoms with van der Waals surface area (Å²) < 4.78 is 5.35. The Morgan fingerprint density at radius 2 is 2.18 bits per heavy atom. The lowest BCUT2D eigenvalue weighted by Crippen LogP contribution is -2.36. The van der Waals surface area contributed by atoms with Crippen LogP contribution in [-0.4, -0.2) is 17.8 Å². The molecule has 0 spiro atoms. The van der Waals surface area contributed by atoms with Gasteiger partial charge in [0.2, 0.25) is 0 Å². The van der Waals surface area contributed by atoms with E-state index in [9.17, 15) is 5.11 Å². The normalized spacial score (nSPS) is 29.0. The number of benzene rings is 1. The number of rotatable bonds is 3. The van der Waals surface area contributed by atoms with Gasteiger partial charge >= 0.3 is 0 Å². The lowest BCUT2D eigenvalue weighted by Gasteiger charge is -2.36. The molecule has 1 aliphatic carbocycles. The van der Waals surface area contributed by atoms with Crippen molar-refractivity contribution < 1.29 is 9.84 Å². The average molecular weight is 234 g/mol. The van der Waals surface area contributed by atoms with Gasteiger partial charge in [-0.15, -0.1) is 0 Å². The third-order valence-corrected chi connectivity index (χ3v) is 3.78. The Morgan fingerprint density at radius 1 is 1.41 bits per heavy atom. The van der Waals surface area contributed by atoms with Gasteiger partial charge in [-0.1, -0.05) is 38.0 Å². The molecule has 0 radical (unpaired) electrons. The van der Waals surface area contributed by atoms with E-state index in [1.807, 2.05) is 18.2 Å². The van der Waals surface area contributed by atoms with Crippen LogP contribution in [-0.2, 0) is 6.42 Å². The topological polar surface area (TPSA) is 29.5 Å². The van der Waals surface area contributed by atoms with E-state index in [0.717, 1.165) is 30.6 Å². The van der Waals surface area contributed by atoms with Crippen molar-refractivity contribution in [1.29, 1.82) is 0 Å². The van der Waals surface area contributed by atoms with Gasteiger partial charge in [0.25, 0.3) is 0 Å². The van der Waals surface area contributed by atoms with Crippen LogP contribution in [0.4, 0.5) is 0 Å². The second-order valence-corrected chi connectivity index (χ2v) is 5.41. The molecule has 2 unspecified atom stereocenters. The van der Waals surface area contributed by atoms with Gasteiger partial charge in [0, 0.05) is 6.42 Å². The van der Waals surface area contributed by atoms with Crippen LogP contribution in [0, 0.1) is 5.92 Å². The minimum Gasteiger partial charge on any atom is -0.496 e. The van der Waals surface area contributed by atoms with E-state index in [1.165, 1.54) is 6.42 Å². The number of aliphatic hydroxyl groups is 1. The van der Waals surface area contributed by atoms with Crippen LogP contribution in [0.25, 0.3) is 0 Å². The van der Waals surface area contributed by atoms with Gasteiger partial charge in [0.15, 0.2) is 0 Å². The molecule has 1 aliphatic rings. The van der Waals surface area contributed by atoms with Crippen LogP contribution in [0.2, 0.25) is 0 Å². The Bertz CT molecular complexity index is 375. The van der Waals surface area contributed by atoms with Crippen molar-refractivity contribution in [1.82, 2.24) is 0 Å². The summed E-state index contributed by atoms with van der Waals surface area (Å²) in [5.74, 6) is 1.52. The molecule has 0 bridgehead atoms. The molecule has 1 aromatic rings. The van der Waals surface area contributed by atoms with E-state index in [4.69, 9.17) is 4.74 Å². The number of hydrogen-bond donors (Lipinski definition) is 1. The monoisotopic (exact) mass is 234 g/mol. The molecule has 1 saturated carbocycles. The minimum atomic E-state index is -0.535. The molecule has 0 amide bonds. The maximum Gasteiger partial charge on any atom is 0.122 e. The summed E-state index contributed by atoms with van der Waals surface area (Å²) in [6.07, 6.45) is 4.91. The van der Waals surface area contributed by atoms with Crippen LogP contribution in [0.5, 0.6) is 5.75 Å². The Labute approximate surface area is 104 Å². The Kier molecular flexibility index (Phi) is 3.72. The van der Waals surface area contributed by atoms with Crippen LogP contribution >= 0.6 is 0 Å². The van der Waals surface area contributed by atoms with E-state index >= 15 is 0 Å². The smallest absolute Gasteiger partial charge is 0.122 e. The molecule has 0 aromatic heterocycles. The van der Waals surface area contributed by atoms with Crippen LogP contribution in [0.1, 0.15) is 38.2 Å². The SMILES string of the molecule is COc1ccccc1CC1(O)CCCC(C)C1. The maximum absolute atomic E-state index is 10.7. The zero-order chi connectivity index (χ0) is 12.3. The molecular weight excluding hydrogens is 212 g/mol. The molecule has 0 aliphatic heterocycles. The molecule has 2 atom stereocenters. The molecule has 0 heterocycles. The number of para-hydroxylation sites is 1. The molecule has 94 valence electrons. The minimum absolute atomic E-state index is 0.535. The van der Waals surface area contributed by atoms with Crippen LogP contribution in [0.3, 0.4) is 0 Å². The van der Waals surface area contributed by atoms with E-state index in [1.54, 1.807) is 7.11 Å². The molecule has 17 heavy (non-hydrogen) atoms. The standard InChI is InChI=1S/C15H22O2/c1-12-6-5-9-15(16,10-12)11-13-7-3-4-8-14(13)17-2/h3-4,7-8,12,16H,5-6,9-11H2,1-2H3. The zero-order valence-electron chi connectivity index (χ0n) is 10.8. The first-order valence-electron chi connectivity index (χ1n) is 6.47. The average Bonchev–Trinajstić information content (AvgIpc) is 2.29. The van der Waals surface area contributed by atoms with E-state index in [-0.39, 0.29) is 0 Å². The molecule has 1 fully saturated rings. The second-order valence-electron chi connectivity index (χ2n) is 5.41. The molecule has 0 saturated heterocycles. The summed E-state index contributed by atoms with van der Waals surface area (Å²) in [5, 5.41) is 10.7. The lowest BCUT2D eigenvalue weighted by molar-refractivity contribution is -0.0127. The Hall–Kier alpha value is -1.02. The molecule has 1 N–H and O–H groups in total. The number of hydrogen-bond acceptors (Lipinski definition) is 2. The van der Waals surface area contributed by atoms with Crippen molar-refractivity contribution in [3.8, 4) is 5.75 Å². The lowest BCUT2D eigenvalue weighted by atomic mass is 9.76. The van der Waals surface area contributed by atoms with Crippen LogP contribution in [0.15, 0.2) is 24.3 Å². The van der Waals surface area contributed by atoms with Crippen molar-refractivity contribution in [3.63, 3.8) is 0 Å². The van der Waals surface area contributed by atoms with Gasteiger partial charge < -0.3 is 9.84 Å². The fourth-order valence-electron chi connectivity index (χ4n) is 3.00. The third-order valence-electron chi connectivity index (χ3n) is 3.78. The fourth-order valence-corrected chi connectivity index (χ4v) is 3.00. The van der Waals surface area contributed by atoms with Gasteiger partial charge in [-0.25, -0.2) is 0 Å². The highest BCUT2D eigenvalue weighted by Gasteiger charge is 2.33. The van der Waals surface area contributed by atoms with Crippen molar-refractivity contribution in [2.75, 3.05) is 7.11 Å². The number of ether oxygens (including phenoxy) is 1. The van der Waals surface area contributed by atoms with Gasteiger partial charge in [-0.3, -0.25) is 0 Å². The summed E-state index contributed by atoms with van der Waals surface area (Å²) in [5.41, 5.74) is 0.582. The molecule has 1 aromatic carbocycles. The quantitative estimate of drug-likeness (QED) is 0.870. The first-order chi connectivity index (χ1) is 8.13. The summed E-state index contributed by atoms with van der Waals surface area (Å²) in [6.45, 7) is 2.23. The largest absolute Gasteiger partial charge is 0.496 e. The number of methoxy groups -OCH3 is 1. The summed E-state index contributed by atoms with van der Waals surface area (Å²) in [6, 6.07) is 7.99. The molecular formula is C15H22O2. The van der Waals surface area contributed by atoms with Crippen molar-refractivity contribution in [2.24, 2.45) is 5.92 Å². The van der Waals surface area contributed by atoms with E-state index in [2.05, 4.69) is 13.0 Å². The van der Waals surface area contributed by atoms with Crippen molar-refractivity contribution in [2.45, 2.75) is 44.6 Å². The highest BCUT2D eigenvalue weighted by molar-refractivity contribution is 5.34. The Morgan fingerprint density at radius 3 is 2.88 bits per heavy atom. The first-order valence-corrected chi connectivity index (χ1v) is 6.47. The van der Waals surface area contributed by atoms with Crippen molar-refractivity contribution in [3.05, 3.63) is 29.8 Å².